The molecular formula is C15H18F3NO3. The predicted molar refractivity (Wildman–Crippen MR) is 74.5 cm³/mol. The molecule has 1 aromatic carbocycles. The molecule has 1 aromatic rings. The van der Waals surface area contributed by atoms with E-state index >= 15 is 0 Å². The highest BCUT2D eigenvalue weighted by atomic mass is 19.4. The molecule has 2 N–H and O–H groups in total. The lowest BCUT2D eigenvalue weighted by Gasteiger charge is -2.12. The zero-order valence-corrected chi connectivity index (χ0v) is 11.9. The van der Waals surface area contributed by atoms with Gasteiger partial charge >= 0.3 is 12.1 Å². The fourth-order valence-electron chi connectivity index (χ4n) is 1.98. The van der Waals surface area contributed by atoms with Crippen LogP contribution in [0.15, 0.2) is 24.3 Å². The van der Waals surface area contributed by atoms with Crippen molar-refractivity contribution in [2.75, 3.05) is 6.54 Å². The summed E-state index contributed by atoms with van der Waals surface area (Å²) in [4.78, 5) is 22.1. The first-order valence-corrected chi connectivity index (χ1v) is 6.98. The summed E-state index contributed by atoms with van der Waals surface area (Å²) in [5, 5.41) is 10.9. The number of carboxylic acid groups (broad SMARTS) is 1. The highest BCUT2D eigenvalue weighted by molar-refractivity contribution is 5.95. The molecule has 0 radical (unpaired) electrons. The van der Waals surface area contributed by atoms with E-state index in [9.17, 15) is 22.8 Å². The first-order valence-electron chi connectivity index (χ1n) is 6.98. The Labute approximate surface area is 126 Å². The number of nitrogens with one attached hydrogen (secondary N) is 1. The van der Waals surface area contributed by atoms with Gasteiger partial charge in [0.15, 0.2) is 0 Å². The molecule has 0 unspecified atom stereocenters. The van der Waals surface area contributed by atoms with Gasteiger partial charge in [0.1, 0.15) is 0 Å². The number of carboxylic acids is 1. The summed E-state index contributed by atoms with van der Waals surface area (Å²) in [5.41, 5.74) is -1.34. The van der Waals surface area contributed by atoms with E-state index in [1.165, 1.54) is 12.1 Å². The van der Waals surface area contributed by atoms with Crippen LogP contribution < -0.4 is 5.32 Å². The molecule has 0 aromatic heterocycles. The molecule has 1 amide bonds. The third-order valence-electron chi connectivity index (χ3n) is 3.08. The molecule has 22 heavy (non-hydrogen) atoms. The minimum atomic E-state index is -4.56. The topological polar surface area (TPSA) is 66.4 Å². The zero-order valence-electron chi connectivity index (χ0n) is 11.9. The molecule has 0 aliphatic rings. The van der Waals surface area contributed by atoms with Crippen molar-refractivity contribution < 1.29 is 27.9 Å². The summed E-state index contributed by atoms with van der Waals surface area (Å²) >= 11 is 0. The molecule has 4 nitrogen and oxygen atoms in total. The Balaban J connectivity index is 2.39. The summed E-state index contributed by atoms with van der Waals surface area (Å²) in [6, 6.07) is 4.64. The highest BCUT2D eigenvalue weighted by Crippen LogP contribution is 2.31. The molecule has 0 aliphatic carbocycles. The number of halogens is 3. The van der Waals surface area contributed by atoms with Crippen LogP contribution in [0.4, 0.5) is 13.2 Å². The number of amides is 1. The van der Waals surface area contributed by atoms with Crippen molar-refractivity contribution in [3.8, 4) is 0 Å². The molecule has 0 bridgehead atoms. The average Bonchev–Trinajstić information content (AvgIpc) is 2.44. The molecule has 122 valence electrons. The fraction of sp³-hybridized carbons (Fsp3) is 0.467. The highest BCUT2D eigenvalue weighted by Gasteiger charge is 2.34. The SMILES string of the molecule is O=C(O)CCCCCCNC(=O)c1ccccc1C(F)(F)F. The van der Waals surface area contributed by atoms with Crippen LogP contribution in [0.1, 0.15) is 48.0 Å². The number of carbonyl (C=O) groups excluding carboxylic acids is 1. The second-order valence-corrected chi connectivity index (χ2v) is 4.86. The van der Waals surface area contributed by atoms with Gasteiger partial charge in [-0.05, 0) is 25.0 Å². The molecule has 1 rings (SSSR count). The summed E-state index contributed by atoms with van der Waals surface area (Å²) in [5.74, 6) is -1.60. The third kappa shape index (κ3) is 6.15. The summed E-state index contributed by atoms with van der Waals surface area (Å²) in [6.45, 7) is 0.262. The maximum absolute atomic E-state index is 12.8. The van der Waals surface area contributed by atoms with E-state index in [-0.39, 0.29) is 18.5 Å². The van der Waals surface area contributed by atoms with Gasteiger partial charge in [-0.25, -0.2) is 0 Å². The van der Waals surface area contributed by atoms with Crippen molar-refractivity contribution in [2.24, 2.45) is 0 Å². The second-order valence-electron chi connectivity index (χ2n) is 4.86. The van der Waals surface area contributed by atoms with Crippen molar-refractivity contribution in [1.82, 2.24) is 5.32 Å². The van der Waals surface area contributed by atoms with E-state index in [0.717, 1.165) is 12.1 Å². The number of benzene rings is 1. The monoisotopic (exact) mass is 317 g/mol. The van der Waals surface area contributed by atoms with Gasteiger partial charge in [0.05, 0.1) is 11.1 Å². The molecule has 0 saturated heterocycles. The van der Waals surface area contributed by atoms with E-state index in [4.69, 9.17) is 5.11 Å². The van der Waals surface area contributed by atoms with Crippen molar-refractivity contribution in [2.45, 2.75) is 38.3 Å². The van der Waals surface area contributed by atoms with Gasteiger partial charge in [0.25, 0.3) is 5.91 Å². The van der Waals surface area contributed by atoms with Gasteiger partial charge in [-0.2, -0.15) is 13.2 Å². The Morgan fingerprint density at radius 1 is 1.05 bits per heavy atom. The Morgan fingerprint density at radius 2 is 1.68 bits per heavy atom. The standard InChI is InChI=1S/C15H18F3NO3/c16-15(17,18)12-8-5-4-7-11(12)14(22)19-10-6-2-1-3-9-13(20)21/h4-5,7-8H,1-3,6,9-10H2,(H,19,22)(H,20,21). The lowest BCUT2D eigenvalue weighted by Crippen LogP contribution is -2.27. The number of aliphatic carboxylic acids is 1. The molecule has 0 aliphatic heterocycles. The Hall–Kier alpha value is -2.05. The largest absolute Gasteiger partial charge is 0.481 e. The van der Waals surface area contributed by atoms with Crippen LogP contribution in [0.2, 0.25) is 0 Å². The lowest BCUT2D eigenvalue weighted by molar-refractivity contribution is -0.138. The maximum Gasteiger partial charge on any atom is 0.417 e. The molecule has 0 saturated carbocycles. The first kappa shape index (κ1) is 18.0. The molecule has 0 fully saturated rings. The van der Waals surface area contributed by atoms with E-state index in [0.29, 0.717) is 25.7 Å². The summed E-state index contributed by atoms with van der Waals surface area (Å²) in [7, 11) is 0. The fourth-order valence-corrected chi connectivity index (χ4v) is 1.98. The van der Waals surface area contributed by atoms with Crippen molar-refractivity contribution in [3.63, 3.8) is 0 Å². The third-order valence-corrected chi connectivity index (χ3v) is 3.08. The van der Waals surface area contributed by atoms with Gasteiger partial charge in [-0.3, -0.25) is 9.59 Å². The minimum Gasteiger partial charge on any atom is -0.481 e. The Bertz CT molecular complexity index is 515. The number of hydrogen-bond acceptors (Lipinski definition) is 2. The normalized spacial score (nSPS) is 11.2. The smallest absolute Gasteiger partial charge is 0.417 e. The van der Waals surface area contributed by atoms with E-state index in [2.05, 4.69) is 5.32 Å². The number of alkyl halides is 3. The van der Waals surface area contributed by atoms with Crippen LogP contribution in [0.3, 0.4) is 0 Å². The summed E-state index contributed by atoms with van der Waals surface area (Å²) < 4.78 is 38.3. The minimum absolute atomic E-state index is 0.102. The van der Waals surface area contributed by atoms with Crippen LogP contribution in [-0.4, -0.2) is 23.5 Å². The van der Waals surface area contributed by atoms with Crippen molar-refractivity contribution in [3.05, 3.63) is 35.4 Å². The van der Waals surface area contributed by atoms with E-state index < -0.39 is 23.6 Å². The molecule has 0 atom stereocenters. The average molecular weight is 317 g/mol. The molecule has 7 heteroatoms. The van der Waals surface area contributed by atoms with E-state index in [1.54, 1.807) is 0 Å². The Kier molecular flexibility index (Phi) is 6.88. The van der Waals surface area contributed by atoms with Gasteiger partial charge in [-0.1, -0.05) is 25.0 Å². The van der Waals surface area contributed by atoms with Gasteiger partial charge in [0.2, 0.25) is 0 Å². The lowest BCUT2D eigenvalue weighted by atomic mass is 10.1. The molecule has 0 heterocycles. The van der Waals surface area contributed by atoms with Crippen LogP contribution in [0.5, 0.6) is 0 Å². The molecule has 0 spiro atoms. The van der Waals surface area contributed by atoms with Crippen molar-refractivity contribution >= 4 is 11.9 Å². The molecular weight excluding hydrogens is 299 g/mol. The number of unbranched alkanes of at least 4 members (excludes halogenated alkanes) is 3. The Morgan fingerprint density at radius 3 is 2.32 bits per heavy atom. The van der Waals surface area contributed by atoms with E-state index in [1.807, 2.05) is 0 Å². The zero-order chi connectivity index (χ0) is 16.6. The quantitative estimate of drug-likeness (QED) is 0.722. The second kappa shape index (κ2) is 8.41. The van der Waals surface area contributed by atoms with Crippen LogP contribution in [0, 0.1) is 0 Å². The summed E-state index contributed by atoms with van der Waals surface area (Å²) in [6.07, 6.45) is -1.88. The van der Waals surface area contributed by atoms with Gasteiger partial charge in [0, 0.05) is 13.0 Å². The first-order chi connectivity index (χ1) is 10.3. The number of rotatable bonds is 8. The van der Waals surface area contributed by atoms with Crippen LogP contribution in [-0.2, 0) is 11.0 Å². The maximum atomic E-state index is 12.8. The van der Waals surface area contributed by atoms with Crippen LogP contribution in [0.25, 0.3) is 0 Å². The van der Waals surface area contributed by atoms with Gasteiger partial charge < -0.3 is 10.4 Å². The van der Waals surface area contributed by atoms with Gasteiger partial charge in [-0.15, -0.1) is 0 Å². The number of hydrogen-bond donors (Lipinski definition) is 2. The predicted octanol–water partition coefficient (Wildman–Crippen LogP) is 3.47. The van der Waals surface area contributed by atoms with Crippen molar-refractivity contribution in [1.29, 1.82) is 0 Å². The number of carbonyl (C=O) groups is 2. The van der Waals surface area contributed by atoms with Crippen LogP contribution >= 0.6 is 0 Å².